The maximum Gasteiger partial charge on any atom is 0.255 e. The van der Waals surface area contributed by atoms with Crippen LogP contribution in [0.3, 0.4) is 0 Å². The largest absolute Gasteiger partial charge is 0.506 e. The first kappa shape index (κ1) is 46.8. The molecule has 4 N–H and O–H groups in total. The Morgan fingerprint density at radius 1 is 0.360 bits per heavy atom. The Labute approximate surface area is 434 Å². The Morgan fingerprint density at radius 3 is 1.08 bits per heavy atom. The smallest absolute Gasteiger partial charge is 0.255 e. The fourth-order valence-electron chi connectivity index (χ4n) is 9.33. The molecule has 0 heterocycles. The zero-order chi connectivity index (χ0) is 51.1. The number of carbonyl (C=O) groups excluding carboxylic acids is 2. The summed E-state index contributed by atoms with van der Waals surface area (Å²) in [7, 11) is 0. The van der Waals surface area contributed by atoms with E-state index in [2.05, 4.69) is 107 Å². The van der Waals surface area contributed by atoms with Crippen molar-refractivity contribution in [3.63, 3.8) is 0 Å². The number of fused-ring (bicyclic) bond motifs is 3. The Morgan fingerprint density at radius 2 is 0.693 bits per heavy atom. The molecule has 75 heavy (non-hydrogen) atoms. The van der Waals surface area contributed by atoms with Crippen molar-refractivity contribution in [2.24, 2.45) is 0 Å². The van der Waals surface area contributed by atoms with Gasteiger partial charge < -0.3 is 30.3 Å². The normalized spacial score (nSPS) is 11.6. The highest BCUT2D eigenvalue weighted by atomic mass is 16.5. The molecule has 1 aliphatic rings. The molecule has 0 saturated carbocycles. The van der Waals surface area contributed by atoms with Gasteiger partial charge >= 0.3 is 0 Å². The lowest BCUT2D eigenvalue weighted by atomic mass is 9.68. The first-order valence-electron chi connectivity index (χ1n) is 24.2. The van der Waals surface area contributed by atoms with Crippen molar-refractivity contribution in [1.82, 2.24) is 0 Å². The Kier molecular flexibility index (Phi) is 12.9. The molecule has 0 radical (unpaired) electrons. The lowest BCUT2D eigenvalue weighted by Crippen LogP contribution is -2.28. The van der Waals surface area contributed by atoms with E-state index in [0.29, 0.717) is 34.1 Å². The Bertz CT molecular complexity index is 3610. The number of hydrogen-bond donors (Lipinski definition) is 4. The third-order valence-corrected chi connectivity index (χ3v) is 13.0. The molecule has 0 aromatic heterocycles. The van der Waals surface area contributed by atoms with Crippen LogP contribution in [-0.4, -0.2) is 22.0 Å². The van der Waals surface area contributed by atoms with Crippen LogP contribution in [0.2, 0.25) is 0 Å². The highest BCUT2D eigenvalue weighted by Crippen LogP contribution is 2.56. The molecular formula is C67H44N2O6. The standard InChI is InChI=1S/C67H44N2O6/c70-63-41-39-55(43-61(63)68-65(72)49-27-23-47(24-28-49)21-19-45-11-3-1-4-12-45)74-53-35-31-51(32-36-53)67(59-17-9-7-15-57(59)58-16-8-10-18-60(58)67)52-33-37-54(38-34-52)75-56-40-42-64(71)62(44-56)69-66(73)50-29-25-48(26-30-50)22-20-46-13-5-2-6-14-46/h1-18,23-44,70-71H,(H,68,72)(H,69,73). The van der Waals surface area contributed by atoms with Crippen molar-refractivity contribution >= 4 is 23.2 Å². The van der Waals surface area contributed by atoms with Gasteiger partial charge in [-0.1, -0.05) is 133 Å². The maximum absolute atomic E-state index is 13.3. The minimum atomic E-state index is -0.727. The number of nitrogens with one attached hydrogen (secondary N) is 2. The Balaban J connectivity index is 0.814. The van der Waals surface area contributed by atoms with Gasteiger partial charge in [-0.15, -0.1) is 0 Å². The summed E-state index contributed by atoms with van der Waals surface area (Å²) in [6.45, 7) is 0. The lowest BCUT2D eigenvalue weighted by molar-refractivity contribution is 0.101. The monoisotopic (exact) mass is 972 g/mol. The van der Waals surface area contributed by atoms with E-state index < -0.39 is 17.2 Å². The summed E-state index contributed by atoms with van der Waals surface area (Å²) in [6.07, 6.45) is 0. The van der Waals surface area contributed by atoms with E-state index in [4.69, 9.17) is 9.47 Å². The Hall–Kier alpha value is -10.5. The molecule has 10 aromatic rings. The van der Waals surface area contributed by atoms with Gasteiger partial charge in [-0.2, -0.15) is 0 Å². The molecule has 1 aliphatic carbocycles. The second-order valence-corrected chi connectivity index (χ2v) is 17.7. The second-order valence-electron chi connectivity index (χ2n) is 17.7. The number of amides is 2. The summed E-state index contributed by atoms with van der Waals surface area (Å²) in [4.78, 5) is 26.7. The summed E-state index contributed by atoms with van der Waals surface area (Å²) in [6, 6.07) is 75.6. The maximum atomic E-state index is 13.3. The van der Waals surface area contributed by atoms with Gasteiger partial charge in [0.05, 0.1) is 16.8 Å². The number of rotatable bonds is 10. The van der Waals surface area contributed by atoms with Crippen LogP contribution in [0.15, 0.2) is 243 Å². The van der Waals surface area contributed by atoms with Crippen LogP contribution in [0.5, 0.6) is 34.5 Å². The molecule has 8 heteroatoms. The number of phenolic OH excluding ortho intramolecular Hbond substituents is 2. The van der Waals surface area contributed by atoms with E-state index in [1.807, 2.05) is 84.9 Å². The molecule has 8 nitrogen and oxygen atoms in total. The molecule has 0 fully saturated rings. The predicted octanol–water partition coefficient (Wildman–Crippen LogP) is 14.3. The molecule has 10 aromatic carbocycles. The van der Waals surface area contributed by atoms with Crippen molar-refractivity contribution in [2.75, 3.05) is 10.6 Å². The van der Waals surface area contributed by atoms with Gasteiger partial charge in [0.15, 0.2) is 0 Å². The minimum absolute atomic E-state index is 0.103. The van der Waals surface area contributed by atoms with Crippen molar-refractivity contribution in [2.45, 2.75) is 5.41 Å². The van der Waals surface area contributed by atoms with Crippen molar-refractivity contribution < 1.29 is 29.3 Å². The molecule has 0 atom stereocenters. The van der Waals surface area contributed by atoms with Gasteiger partial charge in [-0.25, -0.2) is 0 Å². The fraction of sp³-hybridized carbons (Fsp3) is 0.0149. The van der Waals surface area contributed by atoms with Crippen molar-refractivity contribution in [3.05, 3.63) is 298 Å². The molecule has 0 bridgehead atoms. The van der Waals surface area contributed by atoms with Crippen LogP contribution in [0.4, 0.5) is 11.4 Å². The number of ether oxygens (including phenoxy) is 2. The number of anilines is 2. The van der Waals surface area contributed by atoms with Gasteiger partial charge in [0.25, 0.3) is 11.8 Å². The molecule has 11 rings (SSSR count). The van der Waals surface area contributed by atoms with Crippen LogP contribution in [0.1, 0.15) is 65.2 Å². The van der Waals surface area contributed by atoms with Crippen molar-refractivity contribution in [1.29, 1.82) is 0 Å². The summed E-state index contributed by atoms with van der Waals surface area (Å²) in [5, 5.41) is 27.2. The first-order chi connectivity index (χ1) is 36.8. The minimum Gasteiger partial charge on any atom is -0.506 e. The van der Waals surface area contributed by atoms with Gasteiger partial charge in [0.2, 0.25) is 0 Å². The van der Waals surface area contributed by atoms with E-state index in [-0.39, 0.29) is 22.9 Å². The third-order valence-electron chi connectivity index (χ3n) is 13.0. The van der Waals surface area contributed by atoms with E-state index in [1.54, 1.807) is 72.8 Å². The highest BCUT2D eigenvalue weighted by molar-refractivity contribution is 6.06. The number of aromatic hydroxyl groups is 2. The summed E-state index contributed by atoms with van der Waals surface area (Å²) < 4.78 is 12.7. The van der Waals surface area contributed by atoms with E-state index in [9.17, 15) is 19.8 Å². The van der Waals surface area contributed by atoms with Crippen molar-refractivity contribution in [3.8, 4) is 69.3 Å². The topological polar surface area (TPSA) is 117 Å². The quantitative estimate of drug-likeness (QED) is 0.0801. The number of hydrogen-bond acceptors (Lipinski definition) is 6. The molecule has 358 valence electrons. The highest BCUT2D eigenvalue weighted by Gasteiger charge is 2.46. The average Bonchev–Trinajstić information content (AvgIpc) is 3.77. The SMILES string of the molecule is O=C(Nc1cc(Oc2ccc(C3(c4ccc(Oc5ccc(O)c(NC(=O)c6ccc(C#Cc7ccccc7)cc6)c5)cc4)c4ccccc4-c4ccccc43)cc2)ccc1O)c1ccc(C#Cc2ccccc2)cc1. The molecular weight excluding hydrogens is 929 g/mol. The van der Waals surface area contributed by atoms with Gasteiger partial charge in [0, 0.05) is 45.5 Å². The molecule has 2 amide bonds. The van der Waals surface area contributed by atoms with Gasteiger partial charge in [-0.3, -0.25) is 9.59 Å². The zero-order valence-electron chi connectivity index (χ0n) is 40.1. The van der Waals surface area contributed by atoms with Gasteiger partial charge in [-0.05, 0) is 155 Å². The number of phenols is 2. The molecule has 0 aliphatic heterocycles. The molecule has 0 unspecified atom stereocenters. The summed E-state index contributed by atoms with van der Waals surface area (Å²) in [5.74, 6) is 13.4. The summed E-state index contributed by atoms with van der Waals surface area (Å²) >= 11 is 0. The lowest BCUT2D eigenvalue weighted by Gasteiger charge is -2.34. The third kappa shape index (κ3) is 9.92. The van der Waals surface area contributed by atoms with Crippen LogP contribution >= 0.6 is 0 Å². The van der Waals surface area contributed by atoms with Crippen LogP contribution < -0.4 is 20.1 Å². The number of carbonyl (C=O) groups is 2. The van der Waals surface area contributed by atoms with Crippen LogP contribution in [0.25, 0.3) is 11.1 Å². The predicted molar refractivity (Wildman–Crippen MR) is 294 cm³/mol. The van der Waals surface area contributed by atoms with Crippen LogP contribution in [0, 0.1) is 23.7 Å². The average molecular weight is 973 g/mol. The number of benzene rings is 10. The van der Waals surface area contributed by atoms with Gasteiger partial charge in [0.1, 0.15) is 34.5 Å². The van der Waals surface area contributed by atoms with E-state index >= 15 is 0 Å². The van der Waals surface area contributed by atoms with E-state index in [1.165, 1.54) is 12.1 Å². The fourth-order valence-corrected chi connectivity index (χ4v) is 9.33. The zero-order valence-corrected chi connectivity index (χ0v) is 40.1. The second kappa shape index (κ2) is 20.7. The molecule has 0 spiro atoms. The first-order valence-corrected chi connectivity index (χ1v) is 24.2. The summed E-state index contributed by atoms with van der Waals surface area (Å²) in [5.41, 5.74) is 10.3. The van der Waals surface area contributed by atoms with E-state index in [0.717, 1.165) is 55.6 Å². The molecule has 0 saturated heterocycles. The van der Waals surface area contributed by atoms with Crippen LogP contribution in [-0.2, 0) is 5.41 Å².